The Bertz CT molecular complexity index is 1300. The zero-order valence-corrected chi connectivity index (χ0v) is 56.2. The standard InChI is InChI=1S/C70H142N8O3S/c1-5-9-13-17-21-25-29-33-37-41-56-73-67(79)49-60-72-55-47-54-71-53-45-46-61-77(64-50-68(80)74-57-42-38-34-30-26-22-18-14-10-6-2)62-48-63-78(65-51-69(81)75-58-43-39-35-31-27-23-19-15-11-7-3)66-52-70(82)76-59-44-40-36-32-28-24-20-16-12-8-4/h71-72H,5-66H2,1-4H3,(H,73,79)(H,74,80)(H,75,81)(H,76,82). The molecule has 0 aromatic carbocycles. The Hall–Kier alpha value is -1.86. The molecule has 11 nitrogen and oxygen atoms in total. The van der Waals surface area contributed by atoms with E-state index in [1.54, 1.807) is 0 Å². The molecule has 486 valence electrons. The van der Waals surface area contributed by atoms with E-state index in [0.29, 0.717) is 19.3 Å². The molecule has 0 aliphatic heterocycles. The summed E-state index contributed by atoms with van der Waals surface area (Å²) < 4.78 is 0. The topological polar surface area (TPSA) is 130 Å². The van der Waals surface area contributed by atoms with Gasteiger partial charge >= 0.3 is 0 Å². The second-order valence-electron chi connectivity index (χ2n) is 24.7. The van der Waals surface area contributed by atoms with Gasteiger partial charge in [-0.1, -0.05) is 271 Å². The Kier molecular flexibility index (Phi) is 66.7. The minimum Gasteiger partial charge on any atom is -0.380 e. The maximum Gasteiger partial charge on any atom is 0.221 e. The minimum absolute atomic E-state index is 0.159. The molecule has 0 saturated heterocycles. The van der Waals surface area contributed by atoms with Gasteiger partial charge in [0, 0.05) is 78.0 Å². The molecule has 0 heterocycles. The molecule has 0 aromatic heterocycles. The van der Waals surface area contributed by atoms with E-state index in [1.165, 1.54) is 238 Å². The van der Waals surface area contributed by atoms with E-state index in [-0.39, 0.29) is 17.7 Å². The Balaban J connectivity index is 5.02. The van der Waals surface area contributed by atoms with Crippen LogP contribution in [0.25, 0.3) is 0 Å². The van der Waals surface area contributed by atoms with E-state index in [9.17, 15) is 14.4 Å². The van der Waals surface area contributed by atoms with Crippen LogP contribution in [0.3, 0.4) is 0 Å². The van der Waals surface area contributed by atoms with Gasteiger partial charge in [-0.15, -0.1) is 0 Å². The smallest absolute Gasteiger partial charge is 0.221 e. The first kappa shape index (κ1) is 80.1. The van der Waals surface area contributed by atoms with E-state index >= 15 is 0 Å². The number of nitrogens with zero attached hydrogens (tertiary/aromatic N) is 2. The van der Waals surface area contributed by atoms with Gasteiger partial charge in [0.25, 0.3) is 0 Å². The number of unbranched alkanes of at least 4 members (excludes halogenated alkanes) is 37. The molecule has 0 aliphatic rings. The lowest BCUT2D eigenvalue weighted by Gasteiger charge is -2.26. The third-order valence-electron chi connectivity index (χ3n) is 16.6. The second-order valence-corrected chi connectivity index (χ2v) is 25.2. The Labute approximate surface area is 516 Å². The Morgan fingerprint density at radius 2 is 0.500 bits per heavy atom. The minimum atomic E-state index is 0.159. The fourth-order valence-electron chi connectivity index (χ4n) is 11.1. The van der Waals surface area contributed by atoms with Crippen LogP contribution in [0.2, 0.25) is 0 Å². The van der Waals surface area contributed by atoms with Crippen molar-refractivity contribution in [1.29, 1.82) is 0 Å². The van der Waals surface area contributed by atoms with Crippen LogP contribution in [-0.2, 0) is 14.4 Å². The largest absolute Gasteiger partial charge is 0.380 e. The lowest BCUT2D eigenvalue weighted by atomic mass is 10.1. The SMILES string of the molecule is CCCCCCCCCCCCNC(=O)CCNCCCNCCCCN(CCCN(CCC(=O)NCCCCCCCCCCCC)CCC(=S)NCCCCCCCCCCCC)CCC(=O)NCCCCCCCCCCCC. The molecule has 0 aliphatic carbocycles. The maximum atomic E-state index is 13.1. The average Bonchev–Trinajstić information content (AvgIpc) is 3.47. The van der Waals surface area contributed by atoms with Crippen LogP contribution in [0.15, 0.2) is 0 Å². The highest BCUT2D eigenvalue weighted by Gasteiger charge is 2.14. The number of hydrogen-bond acceptors (Lipinski definition) is 8. The van der Waals surface area contributed by atoms with Crippen molar-refractivity contribution < 1.29 is 14.4 Å². The molecule has 0 bridgehead atoms. The van der Waals surface area contributed by atoms with Gasteiger partial charge in [-0.2, -0.15) is 0 Å². The van der Waals surface area contributed by atoms with Crippen LogP contribution >= 0.6 is 12.2 Å². The van der Waals surface area contributed by atoms with Crippen molar-refractivity contribution in [1.82, 2.24) is 41.7 Å². The molecule has 0 rings (SSSR count). The lowest BCUT2D eigenvalue weighted by Crippen LogP contribution is -2.37. The van der Waals surface area contributed by atoms with E-state index in [1.807, 2.05) is 0 Å². The van der Waals surface area contributed by atoms with E-state index in [0.717, 1.165) is 148 Å². The number of carbonyl (C=O) groups is 3. The summed E-state index contributed by atoms with van der Waals surface area (Å²) in [5.41, 5.74) is 0. The van der Waals surface area contributed by atoms with Gasteiger partial charge in [0.05, 0.1) is 4.99 Å². The van der Waals surface area contributed by atoms with E-state index in [4.69, 9.17) is 12.2 Å². The quantitative estimate of drug-likeness (QED) is 0.0260. The molecule has 0 unspecified atom stereocenters. The van der Waals surface area contributed by atoms with Crippen molar-refractivity contribution in [3.63, 3.8) is 0 Å². The van der Waals surface area contributed by atoms with Gasteiger partial charge in [-0.25, -0.2) is 0 Å². The molecule has 0 radical (unpaired) electrons. The Morgan fingerprint density at radius 3 is 0.866 bits per heavy atom. The molecule has 0 spiro atoms. The van der Waals surface area contributed by atoms with E-state index in [2.05, 4.69) is 69.4 Å². The molecule has 6 N–H and O–H groups in total. The first-order valence-electron chi connectivity index (χ1n) is 36.3. The molecular weight excluding hydrogens is 1030 g/mol. The maximum absolute atomic E-state index is 13.1. The van der Waals surface area contributed by atoms with Gasteiger partial charge in [0.1, 0.15) is 0 Å². The average molecular weight is 1180 g/mol. The van der Waals surface area contributed by atoms with Crippen LogP contribution < -0.4 is 31.9 Å². The highest BCUT2D eigenvalue weighted by atomic mass is 32.1. The summed E-state index contributed by atoms with van der Waals surface area (Å²) in [6, 6.07) is 0. The zero-order valence-electron chi connectivity index (χ0n) is 55.4. The monoisotopic (exact) mass is 1180 g/mol. The van der Waals surface area contributed by atoms with Gasteiger partial charge in [-0.3, -0.25) is 14.4 Å². The van der Waals surface area contributed by atoms with Gasteiger partial charge in [0.15, 0.2) is 0 Å². The number of amides is 3. The number of rotatable bonds is 69. The van der Waals surface area contributed by atoms with Crippen LogP contribution in [0.5, 0.6) is 0 Å². The third kappa shape index (κ3) is 64.1. The first-order chi connectivity index (χ1) is 40.4. The summed E-state index contributed by atoms with van der Waals surface area (Å²) in [7, 11) is 0. The number of thiocarbonyl (C=S) groups is 1. The fourth-order valence-corrected chi connectivity index (χ4v) is 11.3. The van der Waals surface area contributed by atoms with Crippen molar-refractivity contribution in [3.05, 3.63) is 0 Å². The molecule has 12 heteroatoms. The van der Waals surface area contributed by atoms with Crippen molar-refractivity contribution in [3.8, 4) is 0 Å². The molecule has 0 fully saturated rings. The van der Waals surface area contributed by atoms with Crippen LogP contribution in [0, 0.1) is 0 Å². The predicted octanol–water partition coefficient (Wildman–Crippen LogP) is 16.8. The molecule has 0 atom stereocenters. The van der Waals surface area contributed by atoms with Crippen molar-refractivity contribution in [2.75, 3.05) is 91.6 Å². The summed E-state index contributed by atoms with van der Waals surface area (Å²) in [5.74, 6) is 0.493. The summed E-state index contributed by atoms with van der Waals surface area (Å²) in [5, 5.41) is 20.2. The third-order valence-corrected chi connectivity index (χ3v) is 17.0. The predicted molar refractivity (Wildman–Crippen MR) is 363 cm³/mol. The summed E-state index contributed by atoms with van der Waals surface area (Å²) in [4.78, 5) is 44.5. The fraction of sp³-hybridized carbons (Fsp3) is 0.943. The summed E-state index contributed by atoms with van der Waals surface area (Å²) >= 11 is 5.87. The first-order valence-corrected chi connectivity index (χ1v) is 36.7. The van der Waals surface area contributed by atoms with Crippen LogP contribution in [0.1, 0.15) is 336 Å². The van der Waals surface area contributed by atoms with Gasteiger partial charge in [-0.05, 0) is 90.6 Å². The van der Waals surface area contributed by atoms with Gasteiger partial charge in [0.2, 0.25) is 17.7 Å². The number of carbonyl (C=O) groups excluding carboxylic acids is 3. The molecule has 0 saturated carbocycles. The molecule has 0 aromatic rings. The van der Waals surface area contributed by atoms with Crippen LogP contribution in [0.4, 0.5) is 0 Å². The van der Waals surface area contributed by atoms with Crippen molar-refractivity contribution in [2.45, 2.75) is 336 Å². The summed E-state index contributed by atoms with van der Waals surface area (Å²) in [6.07, 6.45) is 59.0. The highest BCUT2D eigenvalue weighted by molar-refractivity contribution is 7.80. The number of nitrogens with one attached hydrogen (secondary N) is 6. The zero-order chi connectivity index (χ0) is 59.5. The molecule has 82 heavy (non-hydrogen) atoms. The van der Waals surface area contributed by atoms with E-state index < -0.39 is 0 Å². The Morgan fingerprint density at radius 1 is 0.244 bits per heavy atom. The molecule has 3 amide bonds. The summed E-state index contributed by atoms with van der Waals surface area (Å²) in [6.45, 7) is 21.2. The number of hydrogen-bond donors (Lipinski definition) is 6. The van der Waals surface area contributed by atoms with Crippen molar-refractivity contribution >= 4 is 34.9 Å². The second kappa shape index (κ2) is 68.3. The normalized spacial score (nSPS) is 11.5. The van der Waals surface area contributed by atoms with Crippen LogP contribution in [-0.4, -0.2) is 124 Å². The molecular formula is C70H142N8O3S. The highest BCUT2D eigenvalue weighted by Crippen LogP contribution is 2.14. The lowest BCUT2D eigenvalue weighted by molar-refractivity contribution is -0.122. The van der Waals surface area contributed by atoms with Crippen molar-refractivity contribution in [2.24, 2.45) is 0 Å². The van der Waals surface area contributed by atoms with Gasteiger partial charge < -0.3 is 41.7 Å².